The molecule has 0 fully saturated rings. The average Bonchev–Trinajstić information content (AvgIpc) is 2.22. The molecule has 0 radical (unpaired) electrons. The van der Waals surface area contributed by atoms with Gasteiger partial charge in [-0.25, -0.2) is 0 Å². The largest absolute Gasteiger partial charge is 0.384 e. The fraction of sp³-hybridized carbons (Fsp3) is 0.500. The summed E-state index contributed by atoms with van der Waals surface area (Å²) in [6.07, 6.45) is 0. The van der Waals surface area contributed by atoms with E-state index in [-0.39, 0.29) is 0 Å². The molecule has 0 saturated carbocycles. The van der Waals surface area contributed by atoms with E-state index in [1.807, 2.05) is 24.3 Å². The molecule has 15 heavy (non-hydrogen) atoms. The zero-order valence-corrected chi connectivity index (χ0v) is 10.00. The molecule has 0 aliphatic heterocycles. The zero-order chi connectivity index (χ0) is 11.3. The van der Waals surface area contributed by atoms with E-state index in [2.05, 4.69) is 6.92 Å². The van der Waals surface area contributed by atoms with E-state index >= 15 is 0 Å². The van der Waals surface area contributed by atoms with Crippen molar-refractivity contribution in [3.8, 4) is 0 Å². The molecule has 0 saturated heterocycles. The Bertz CT molecular complexity index is 286. The maximum absolute atomic E-state index is 5.84. The van der Waals surface area contributed by atoms with Crippen molar-refractivity contribution in [2.75, 3.05) is 20.3 Å². The normalized spacial score (nSPS) is 14.9. The molecular weight excluding hydrogens is 210 g/mol. The highest BCUT2D eigenvalue weighted by atomic mass is 35.5. The predicted octanol–water partition coefficient (Wildman–Crippen LogP) is 2.66. The molecule has 0 heterocycles. The molecule has 0 aliphatic rings. The van der Waals surface area contributed by atoms with Crippen LogP contribution in [0.4, 0.5) is 0 Å². The molecule has 2 nitrogen and oxygen atoms in total. The lowest BCUT2D eigenvalue weighted by Crippen LogP contribution is -2.22. The number of benzene rings is 1. The Kier molecular flexibility index (Phi) is 5.09. The Balaban J connectivity index is 2.77. The molecule has 2 N–H and O–H groups in total. The van der Waals surface area contributed by atoms with Crippen molar-refractivity contribution in [3.05, 3.63) is 34.9 Å². The first kappa shape index (κ1) is 12.5. The maximum atomic E-state index is 5.84. The molecule has 1 aromatic rings. The Morgan fingerprint density at radius 3 is 2.40 bits per heavy atom. The quantitative estimate of drug-likeness (QED) is 0.840. The van der Waals surface area contributed by atoms with Crippen molar-refractivity contribution in [1.82, 2.24) is 0 Å². The molecular formula is C12H18ClNO. The first-order valence-electron chi connectivity index (χ1n) is 5.13. The van der Waals surface area contributed by atoms with Gasteiger partial charge >= 0.3 is 0 Å². The first-order chi connectivity index (χ1) is 7.19. The van der Waals surface area contributed by atoms with Crippen LogP contribution >= 0.6 is 11.6 Å². The lowest BCUT2D eigenvalue weighted by Gasteiger charge is -2.22. The molecule has 0 amide bonds. The molecule has 3 heteroatoms. The smallest absolute Gasteiger partial charge is 0.0494 e. The summed E-state index contributed by atoms with van der Waals surface area (Å²) in [5, 5.41) is 0.758. The van der Waals surface area contributed by atoms with Gasteiger partial charge in [-0.2, -0.15) is 0 Å². The minimum atomic E-state index is 0.335. The van der Waals surface area contributed by atoms with Gasteiger partial charge in [-0.3, -0.25) is 0 Å². The predicted molar refractivity (Wildman–Crippen MR) is 64.3 cm³/mol. The van der Waals surface area contributed by atoms with Gasteiger partial charge in [-0.15, -0.1) is 0 Å². The van der Waals surface area contributed by atoms with E-state index in [0.29, 0.717) is 18.4 Å². The number of hydrogen-bond acceptors (Lipinski definition) is 2. The van der Waals surface area contributed by atoms with Gasteiger partial charge in [0.2, 0.25) is 0 Å². The van der Waals surface area contributed by atoms with E-state index in [1.165, 1.54) is 5.56 Å². The Morgan fingerprint density at radius 1 is 1.33 bits per heavy atom. The number of hydrogen-bond donors (Lipinski definition) is 1. The van der Waals surface area contributed by atoms with Crippen molar-refractivity contribution >= 4 is 11.6 Å². The van der Waals surface area contributed by atoms with Crippen LogP contribution in [-0.2, 0) is 4.74 Å². The molecule has 0 aliphatic carbocycles. The van der Waals surface area contributed by atoms with Crippen LogP contribution in [0.15, 0.2) is 24.3 Å². The van der Waals surface area contributed by atoms with Crippen LogP contribution in [-0.4, -0.2) is 20.3 Å². The SMILES string of the molecule is COCC(C)C(CN)c1ccc(Cl)cc1. The monoisotopic (exact) mass is 227 g/mol. The maximum Gasteiger partial charge on any atom is 0.0494 e. The third kappa shape index (κ3) is 3.49. The summed E-state index contributed by atoms with van der Waals surface area (Å²) in [5.74, 6) is 0.753. The van der Waals surface area contributed by atoms with Gasteiger partial charge in [0.1, 0.15) is 0 Å². The van der Waals surface area contributed by atoms with Crippen molar-refractivity contribution in [1.29, 1.82) is 0 Å². The molecule has 2 atom stereocenters. The Morgan fingerprint density at radius 2 is 1.93 bits per heavy atom. The highest BCUT2D eigenvalue weighted by Crippen LogP contribution is 2.25. The molecule has 2 unspecified atom stereocenters. The lowest BCUT2D eigenvalue weighted by molar-refractivity contribution is 0.147. The summed E-state index contributed by atoms with van der Waals surface area (Å²) in [5.41, 5.74) is 7.01. The van der Waals surface area contributed by atoms with Gasteiger partial charge in [0.15, 0.2) is 0 Å². The fourth-order valence-electron chi connectivity index (χ4n) is 1.79. The van der Waals surface area contributed by atoms with Gasteiger partial charge < -0.3 is 10.5 Å². The minimum absolute atomic E-state index is 0.335. The van der Waals surface area contributed by atoms with Gasteiger partial charge in [-0.05, 0) is 30.2 Å². The summed E-state index contributed by atoms with van der Waals surface area (Å²) in [6.45, 7) is 3.51. The van der Waals surface area contributed by atoms with Crippen LogP contribution in [0.2, 0.25) is 5.02 Å². The highest BCUT2D eigenvalue weighted by Gasteiger charge is 2.17. The molecule has 1 rings (SSSR count). The first-order valence-corrected chi connectivity index (χ1v) is 5.51. The van der Waals surface area contributed by atoms with Crippen LogP contribution in [0.5, 0.6) is 0 Å². The van der Waals surface area contributed by atoms with E-state index in [0.717, 1.165) is 11.6 Å². The van der Waals surface area contributed by atoms with Gasteiger partial charge in [0.25, 0.3) is 0 Å². The number of ether oxygens (including phenoxy) is 1. The van der Waals surface area contributed by atoms with Crippen molar-refractivity contribution in [2.24, 2.45) is 11.7 Å². The third-order valence-corrected chi connectivity index (χ3v) is 2.92. The van der Waals surface area contributed by atoms with Crippen LogP contribution in [0, 0.1) is 5.92 Å². The molecule has 84 valence electrons. The Hall–Kier alpha value is -0.570. The number of halogens is 1. The van der Waals surface area contributed by atoms with Gasteiger partial charge in [0.05, 0.1) is 0 Å². The minimum Gasteiger partial charge on any atom is -0.384 e. The van der Waals surface area contributed by atoms with E-state index < -0.39 is 0 Å². The summed E-state index contributed by atoms with van der Waals surface area (Å²) >= 11 is 5.84. The van der Waals surface area contributed by atoms with Crippen molar-refractivity contribution in [2.45, 2.75) is 12.8 Å². The summed E-state index contributed by atoms with van der Waals surface area (Å²) < 4.78 is 5.15. The van der Waals surface area contributed by atoms with Crippen molar-refractivity contribution < 1.29 is 4.74 Å². The second-order valence-electron chi connectivity index (χ2n) is 3.83. The van der Waals surface area contributed by atoms with Gasteiger partial charge in [-0.1, -0.05) is 30.7 Å². The number of methoxy groups -OCH3 is 1. The van der Waals surface area contributed by atoms with Crippen LogP contribution < -0.4 is 5.73 Å². The number of nitrogens with two attached hydrogens (primary N) is 1. The highest BCUT2D eigenvalue weighted by molar-refractivity contribution is 6.30. The van der Waals surface area contributed by atoms with E-state index in [1.54, 1.807) is 7.11 Å². The van der Waals surface area contributed by atoms with Crippen molar-refractivity contribution in [3.63, 3.8) is 0 Å². The third-order valence-electron chi connectivity index (χ3n) is 2.67. The second kappa shape index (κ2) is 6.11. The average molecular weight is 228 g/mol. The standard InChI is InChI=1S/C12H18ClNO/c1-9(8-15-2)12(7-14)10-3-5-11(13)6-4-10/h3-6,9,12H,7-8,14H2,1-2H3. The molecule has 1 aromatic carbocycles. The molecule has 0 bridgehead atoms. The summed E-state index contributed by atoms with van der Waals surface area (Å²) in [4.78, 5) is 0. The molecule has 0 spiro atoms. The molecule has 0 aromatic heterocycles. The van der Waals surface area contributed by atoms with E-state index in [4.69, 9.17) is 22.1 Å². The lowest BCUT2D eigenvalue weighted by atomic mass is 9.88. The topological polar surface area (TPSA) is 35.2 Å². The Labute approximate surface area is 96.4 Å². The summed E-state index contributed by atoms with van der Waals surface area (Å²) in [7, 11) is 1.71. The van der Waals surface area contributed by atoms with E-state index in [9.17, 15) is 0 Å². The van der Waals surface area contributed by atoms with Crippen LogP contribution in [0.1, 0.15) is 18.4 Å². The fourth-order valence-corrected chi connectivity index (χ4v) is 1.91. The zero-order valence-electron chi connectivity index (χ0n) is 9.24. The number of rotatable bonds is 5. The van der Waals surface area contributed by atoms with Gasteiger partial charge in [0, 0.05) is 24.7 Å². The summed E-state index contributed by atoms with van der Waals surface area (Å²) in [6, 6.07) is 7.87. The van der Waals surface area contributed by atoms with Crippen LogP contribution in [0.25, 0.3) is 0 Å². The van der Waals surface area contributed by atoms with Crippen LogP contribution in [0.3, 0.4) is 0 Å². The second-order valence-corrected chi connectivity index (χ2v) is 4.26.